The molecule has 100 valence electrons. The lowest BCUT2D eigenvalue weighted by Gasteiger charge is -2.23. The lowest BCUT2D eigenvalue weighted by Crippen LogP contribution is -2.44. The molecule has 1 atom stereocenters. The van der Waals surface area contributed by atoms with Crippen LogP contribution in [0.1, 0.15) is 19.4 Å². The van der Waals surface area contributed by atoms with Gasteiger partial charge in [0.15, 0.2) is 0 Å². The standard InChI is InChI=1S/C14H22N2OS/c1-10(2)13(15)14(17)16(3)9-11-5-7-12(18-4)8-6-11/h5-8,10,13H,9,15H2,1-4H3/t13-/m1/s1. The molecular weight excluding hydrogens is 244 g/mol. The molecule has 0 aromatic heterocycles. The highest BCUT2D eigenvalue weighted by Crippen LogP contribution is 2.16. The Morgan fingerprint density at radius 3 is 2.33 bits per heavy atom. The Hall–Kier alpha value is -1.00. The third-order valence-corrected chi connectivity index (χ3v) is 3.70. The molecule has 1 aromatic rings. The molecule has 0 bridgehead atoms. The molecule has 0 aliphatic rings. The van der Waals surface area contributed by atoms with Gasteiger partial charge < -0.3 is 10.6 Å². The van der Waals surface area contributed by atoms with Gasteiger partial charge in [-0.2, -0.15) is 0 Å². The van der Waals surface area contributed by atoms with Crippen molar-refractivity contribution in [3.8, 4) is 0 Å². The van der Waals surface area contributed by atoms with Gasteiger partial charge in [0.05, 0.1) is 6.04 Å². The van der Waals surface area contributed by atoms with Crippen molar-refractivity contribution in [1.29, 1.82) is 0 Å². The van der Waals surface area contributed by atoms with Gasteiger partial charge in [0.25, 0.3) is 0 Å². The molecule has 1 rings (SSSR count). The van der Waals surface area contributed by atoms with Crippen LogP contribution in [-0.2, 0) is 11.3 Å². The summed E-state index contributed by atoms with van der Waals surface area (Å²) >= 11 is 1.71. The molecule has 0 saturated heterocycles. The fraction of sp³-hybridized carbons (Fsp3) is 0.500. The van der Waals surface area contributed by atoms with Crippen molar-refractivity contribution in [3.63, 3.8) is 0 Å². The minimum absolute atomic E-state index is 0.000979. The molecule has 0 fully saturated rings. The molecule has 3 nitrogen and oxygen atoms in total. The number of hydrogen-bond acceptors (Lipinski definition) is 3. The Bertz CT molecular complexity index is 389. The lowest BCUT2D eigenvalue weighted by molar-refractivity contribution is -0.132. The highest BCUT2D eigenvalue weighted by atomic mass is 32.2. The molecule has 0 aliphatic heterocycles. The van der Waals surface area contributed by atoms with Gasteiger partial charge >= 0.3 is 0 Å². The van der Waals surface area contributed by atoms with Crippen molar-refractivity contribution >= 4 is 17.7 Å². The lowest BCUT2D eigenvalue weighted by atomic mass is 10.0. The largest absolute Gasteiger partial charge is 0.340 e. The molecule has 0 radical (unpaired) electrons. The molecule has 2 N–H and O–H groups in total. The number of likely N-dealkylation sites (N-methyl/N-ethyl adjacent to an activating group) is 1. The van der Waals surface area contributed by atoms with E-state index < -0.39 is 6.04 Å². The van der Waals surface area contributed by atoms with Gasteiger partial charge in [-0.1, -0.05) is 26.0 Å². The van der Waals surface area contributed by atoms with Crippen molar-refractivity contribution in [2.45, 2.75) is 31.3 Å². The monoisotopic (exact) mass is 266 g/mol. The maximum absolute atomic E-state index is 12.0. The van der Waals surface area contributed by atoms with Gasteiger partial charge in [0.1, 0.15) is 0 Å². The second-order valence-corrected chi connectivity index (χ2v) is 5.69. The van der Waals surface area contributed by atoms with Crippen molar-refractivity contribution in [3.05, 3.63) is 29.8 Å². The molecule has 0 saturated carbocycles. The Morgan fingerprint density at radius 2 is 1.89 bits per heavy atom. The average Bonchev–Trinajstić information content (AvgIpc) is 2.37. The van der Waals surface area contributed by atoms with Gasteiger partial charge in [0.2, 0.25) is 5.91 Å². The number of carbonyl (C=O) groups excluding carboxylic acids is 1. The minimum Gasteiger partial charge on any atom is -0.340 e. The number of hydrogen-bond donors (Lipinski definition) is 1. The Morgan fingerprint density at radius 1 is 1.33 bits per heavy atom. The zero-order valence-electron chi connectivity index (χ0n) is 11.5. The Labute approximate surface area is 114 Å². The Balaban J connectivity index is 2.63. The first kappa shape index (κ1) is 15.1. The number of thioether (sulfide) groups is 1. The molecular formula is C14H22N2OS. The number of nitrogens with two attached hydrogens (primary N) is 1. The number of benzene rings is 1. The summed E-state index contributed by atoms with van der Waals surface area (Å²) in [5.41, 5.74) is 6.99. The van der Waals surface area contributed by atoms with E-state index >= 15 is 0 Å². The van der Waals surface area contributed by atoms with Crippen LogP contribution in [0.3, 0.4) is 0 Å². The van der Waals surface area contributed by atoms with Crippen LogP contribution in [0.25, 0.3) is 0 Å². The van der Waals surface area contributed by atoms with Crippen LogP contribution >= 0.6 is 11.8 Å². The predicted molar refractivity (Wildman–Crippen MR) is 77.5 cm³/mol. The highest BCUT2D eigenvalue weighted by molar-refractivity contribution is 7.98. The van der Waals surface area contributed by atoms with Gasteiger partial charge in [-0.25, -0.2) is 0 Å². The van der Waals surface area contributed by atoms with E-state index in [1.54, 1.807) is 23.7 Å². The molecule has 4 heteroatoms. The fourth-order valence-corrected chi connectivity index (χ4v) is 2.03. The normalized spacial score (nSPS) is 12.6. The summed E-state index contributed by atoms with van der Waals surface area (Å²) in [5, 5.41) is 0. The summed E-state index contributed by atoms with van der Waals surface area (Å²) in [6, 6.07) is 7.83. The van der Waals surface area contributed by atoms with Gasteiger partial charge in [-0.05, 0) is 29.9 Å². The minimum atomic E-state index is -0.416. The first-order valence-electron chi connectivity index (χ1n) is 6.09. The van der Waals surface area contributed by atoms with Gasteiger partial charge in [-0.15, -0.1) is 11.8 Å². The summed E-state index contributed by atoms with van der Waals surface area (Å²) in [5.74, 6) is 0.165. The summed E-state index contributed by atoms with van der Waals surface area (Å²) in [6.45, 7) is 4.53. The number of amides is 1. The van der Waals surface area contributed by atoms with Crippen LogP contribution in [0, 0.1) is 5.92 Å². The van der Waals surface area contributed by atoms with E-state index in [4.69, 9.17) is 5.73 Å². The van der Waals surface area contributed by atoms with Crippen LogP contribution in [0.5, 0.6) is 0 Å². The van der Waals surface area contributed by atoms with E-state index in [1.165, 1.54) is 4.90 Å². The summed E-state index contributed by atoms with van der Waals surface area (Å²) in [7, 11) is 1.80. The Kier molecular flexibility index (Phi) is 5.69. The van der Waals surface area contributed by atoms with Gasteiger partial charge in [0, 0.05) is 18.5 Å². The SMILES string of the molecule is CSc1ccc(CN(C)C(=O)[C@H](N)C(C)C)cc1. The average molecular weight is 266 g/mol. The molecule has 0 heterocycles. The molecule has 18 heavy (non-hydrogen) atoms. The third kappa shape index (κ3) is 4.03. The van der Waals surface area contributed by atoms with E-state index in [1.807, 2.05) is 20.1 Å². The van der Waals surface area contributed by atoms with Crippen LogP contribution in [0.2, 0.25) is 0 Å². The molecule has 0 unspecified atom stereocenters. The topological polar surface area (TPSA) is 46.3 Å². The summed E-state index contributed by atoms with van der Waals surface area (Å²) < 4.78 is 0. The molecule has 0 aliphatic carbocycles. The molecule has 1 amide bonds. The number of nitrogens with zero attached hydrogens (tertiary/aromatic N) is 1. The maximum Gasteiger partial charge on any atom is 0.239 e. The van der Waals surface area contributed by atoms with Crippen LogP contribution < -0.4 is 5.73 Å². The highest BCUT2D eigenvalue weighted by Gasteiger charge is 2.20. The fourth-order valence-electron chi connectivity index (χ4n) is 1.62. The van der Waals surface area contributed by atoms with Crippen molar-refractivity contribution in [1.82, 2.24) is 4.90 Å². The summed E-state index contributed by atoms with van der Waals surface area (Å²) in [4.78, 5) is 14.9. The smallest absolute Gasteiger partial charge is 0.239 e. The van der Waals surface area contributed by atoms with E-state index in [9.17, 15) is 4.79 Å². The first-order valence-corrected chi connectivity index (χ1v) is 7.31. The maximum atomic E-state index is 12.0. The van der Waals surface area contributed by atoms with Gasteiger partial charge in [-0.3, -0.25) is 4.79 Å². The molecule has 0 spiro atoms. The van der Waals surface area contributed by atoms with E-state index in [-0.39, 0.29) is 11.8 Å². The zero-order chi connectivity index (χ0) is 13.7. The van der Waals surface area contributed by atoms with Crippen LogP contribution in [0.15, 0.2) is 29.2 Å². The number of carbonyl (C=O) groups is 1. The van der Waals surface area contributed by atoms with Crippen LogP contribution in [-0.4, -0.2) is 30.2 Å². The second kappa shape index (κ2) is 6.81. The molecule has 1 aromatic carbocycles. The second-order valence-electron chi connectivity index (χ2n) is 4.81. The van der Waals surface area contributed by atoms with Crippen LogP contribution in [0.4, 0.5) is 0 Å². The van der Waals surface area contributed by atoms with Crippen molar-refractivity contribution in [2.24, 2.45) is 11.7 Å². The van der Waals surface area contributed by atoms with E-state index in [0.29, 0.717) is 6.54 Å². The predicted octanol–water partition coefficient (Wildman–Crippen LogP) is 2.35. The zero-order valence-corrected chi connectivity index (χ0v) is 12.3. The third-order valence-electron chi connectivity index (χ3n) is 2.96. The quantitative estimate of drug-likeness (QED) is 0.832. The van der Waals surface area contributed by atoms with Crippen molar-refractivity contribution in [2.75, 3.05) is 13.3 Å². The first-order chi connectivity index (χ1) is 8.45. The summed E-state index contributed by atoms with van der Waals surface area (Å²) in [6.07, 6.45) is 2.05. The van der Waals surface area contributed by atoms with Crippen molar-refractivity contribution < 1.29 is 4.79 Å². The van der Waals surface area contributed by atoms with E-state index in [0.717, 1.165) is 5.56 Å². The number of rotatable bonds is 5. The van der Waals surface area contributed by atoms with E-state index in [2.05, 4.69) is 24.3 Å².